The Kier molecular flexibility index (Phi) is 7.95. The number of rotatable bonds is 7. The zero-order valence-corrected chi connectivity index (χ0v) is 20.0. The topological polar surface area (TPSA) is 73.0 Å². The lowest BCUT2D eigenvalue weighted by molar-refractivity contribution is -0.132. The molecule has 7 nitrogen and oxygen atoms in total. The van der Waals surface area contributed by atoms with E-state index < -0.39 is 0 Å². The lowest BCUT2D eigenvalue weighted by Gasteiger charge is -2.34. The largest absolute Gasteiger partial charge is 0.351 e. The predicted molar refractivity (Wildman–Crippen MR) is 131 cm³/mol. The van der Waals surface area contributed by atoms with Gasteiger partial charge in [0.1, 0.15) is 0 Å². The molecule has 0 radical (unpaired) electrons. The number of nitrogens with one attached hydrogen (secondary N) is 1. The molecule has 180 valence electrons. The van der Waals surface area contributed by atoms with Gasteiger partial charge in [0.05, 0.1) is 13.0 Å². The van der Waals surface area contributed by atoms with E-state index in [4.69, 9.17) is 0 Å². The molecule has 0 atom stereocenters. The molecule has 2 fully saturated rings. The summed E-state index contributed by atoms with van der Waals surface area (Å²) in [6.45, 7) is 7.14. The number of piperazine rings is 1. The summed E-state index contributed by atoms with van der Waals surface area (Å²) in [6, 6.07) is 15.5. The normalized spacial score (nSPS) is 16.5. The Morgan fingerprint density at radius 3 is 2.18 bits per heavy atom. The Hall–Kier alpha value is -3.19. The SMILES string of the molecule is Cc1ccccc1CC(=O)N1CCN(CC(=O)NCc2ccc(C(=O)N3CCCC3)cc2)CC1. The molecule has 34 heavy (non-hydrogen) atoms. The summed E-state index contributed by atoms with van der Waals surface area (Å²) < 4.78 is 0. The fourth-order valence-corrected chi connectivity index (χ4v) is 4.57. The van der Waals surface area contributed by atoms with Gasteiger partial charge in [0, 0.05) is 51.4 Å². The Bertz CT molecular complexity index is 1010. The number of aryl methyl sites for hydroxylation is 1. The molecule has 2 aliphatic rings. The molecule has 7 heteroatoms. The van der Waals surface area contributed by atoms with E-state index in [0.29, 0.717) is 51.3 Å². The number of hydrogen-bond acceptors (Lipinski definition) is 4. The molecular formula is C27H34N4O3. The summed E-state index contributed by atoms with van der Waals surface area (Å²) in [6.07, 6.45) is 2.58. The van der Waals surface area contributed by atoms with Gasteiger partial charge < -0.3 is 15.1 Å². The van der Waals surface area contributed by atoms with Gasteiger partial charge in [-0.3, -0.25) is 19.3 Å². The van der Waals surface area contributed by atoms with Crippen LogP contribution < -0.4 is 5.32 Å². The first-order chi connectivity index (χ1) is 16.5. The third-order valence-electron chi connectivity index (χ3n) is 6.78. The molecule has 1 N–H and O–H groups in total. The highest BCUT2D eigenvalue weighted by molar-refractivity contribution is 5.94. The van der Waals surface area contributed by atoms with E-state index in [-0.39, 0.29) is 17.7 Å². The lowest BCUT2D eigenvalue weighted by Crippen LogP contribution is -2.51. The van der Waals surface area contributed by atoms with Crippen LogP contribution in [0.1, 0.15) is 39.9 Å². The highest BCUT2D eigenvalue weighted by Crippen LogP contribution is 2.14. The van der Waals surface area contributed by atoms with Crippen molar-refractivity contribution in [3.05, 3.63) is 70.8 Å². The van der Waals surface area contributed by atoms with Crippen LogP contribution in [0.4, 0.5) is 0 Å². The fourth-order valence-electron chi connectivity index (χ4n) is 4.57. The lowest BCUT2D eigenvalue weighted by atomic mass is 10.1. The number of amides is 3. The summed E-state index contributed by atoms with van der Waals surface area (Å²) in [7, 11) is 0. The summed E-state index contributed by atoms with van der Waals surface area (Å²) >= 11 is 0. The van der Waals surface area contributed by atoms with Crippen molar-refractivity contribution in [1.29, 1.82) is 0 Å². The van der Waals surface area contributed by atoms with Gasteiger partial charge in [0.15, 0.2) is 0 Å². The van der Waals surface area contributed by atoms with Crippen LogP contribution in [0.15, 0.2) is 48.5 Å². The minimum atomic E-state index is -0.0306. The predicted octanol–water partition coefficient (Wildman–Crippen LogP) is 2.23. The van der Waals surface area contributed by atoms with E-state index in [1.807, 2.05) is 65.3 Å². The van der Waals surface area contributed by atoms with Gasteiger partial charge in [-0.1, -0.05) is 36.4 Å². The van der Waals surface area contributed by atoms with Crippen molar-refractivity contribution in [3.63, 3.8) is 0 Å². The molecule has 0 unspecified atom stereocenters. The van der Waals surface area contributed by atoms with Crippen LogP contribution in [0, 0.1) is 6.92 Å². The third-order valence-corrected chi connectivity index (χ3v) is 6.78. The summed E-state index contributed by atoms with van der Waals surface area (Å²) in [4.78, 5) is 43.4. The van der Waals surface area contributed by atoms with Gasteiger partial charge in [-0.15, -0.1) is 0 Å². The molecule has 0 aliphatic carbocycles. The molecule has 0 aromatic heterocycles. The average Bonchev–Trinajstić information content (AvgIpc) is 3.40. The van der Waals surface area contributed by atoms with Crippen molar-refractivity contribution >= 4 is 17.7 Å². The molecule has 3 amide bonds. The van der Waals surface area contributed by atoms with Crippen molar-refractivity contribution in [2.75, 3.05) is 45.8 Å². The second kappa shape index (κ2) is 11.3. The number of carbonyl (C=O) groups is 3. The smallest absolute Gasteiger partial charge is 0.253 e. The second-order valence-electron chi connectivity index (χ2n) is 9.23. The Labute approximate surface area is 201 Å². The molecule has 0 bridgehead atoms. The Morgan fingerprint density at radius 1 is 0.824 bits per heavy atom. The number of hydrogen-bond donors (Lipinski definition) is 1. The van der Waals surface area contributed by atoms with Crippen LogP contribution in [0.5, 0.6) is 0 Å². The van der Waals surface area contributed by atoms with Gasteiger partial charge in [0.25, 0.3) is 5.91 Å². The van der Waals surface area contributed by atoms with Gasteiger partial charge >= 0.3 is 0 Å². The van der Waals surface area contributed by atoms with Gasteiger partial charge in [-0.2, -0.15) is 0 Å². The maximum Gasteiger partial charge on any atom is 0.253 e. The molecule has 2 aromatic rings. The molecule has 0 spiro atoms. The zero-order valence-electron chi connectivity index (χ0n) is 20.0. The molecule has 2 aromatic carbocycles. The van der Waals surface area contributed by atoms with E-state index in [1.165, 1.54) is 0 Å². The first kappa shape index (κ1) is 24.0. The van der Waals surface area contributed by atoms with E-state index in [1.54, 1.807) is 0 Å². The summed E-state index contributed by atoms with van der Waals surface area (Å²) in [5.74, 6) is 0.201. The number of nitrogens with zero attached hydrogens (tertiary/aromatic N) is 3. The summed E-state index contributed by atoms with van der Waals surface area (Å²) in [5, 5.41) is 2.97. The maximum atomic E-state index is 12.7. The van der Waals surface area contributed by atoms with Crippen molar-refractivity contribution in [3.8, 4) is 0 Å². The van der Waals surface area contributed by atoms with Crippen LogP contribution in [0.2, 0.25) is 0 Å². The maximum absolute atomic E-state index is 12.7. The van der Waals surface area contributed by atoms with Crippen molar-refractivity contribution in [2.24, 2.45) is 0 Å². The quantitative estimate of drug-likeness (QED) is 0.685. The van der Waals surface area contributed by atoms with Crippen molar-refractivity contribution in [1.82, 2.24) is 20.0 Å². The molecule has 2 saturated heterocycles. The highest BCUT2D eigenvalue weighted by Gasteiger charge is 2.23. The highest BCUT2D eigenvalue weighted by atomic mass is 16.2. The molecular weight excluding hydrogens is 428 g/mol. The molecule has 0 saturated carbocycles. The van der Waals surface area contributed by atoms with E-state index >= 15 is 0 Å². The van der Waals surface area contributed by atoms with Crippen molar-refractivity contribution in [2.45, 2.75) is 32.7 Å². The van der Waals surface area contributed by atoms with Crippen LogP contribution in [0.3, 0.4) is 0 Å². The Morgan fingerprint density at radius 2 is 1.50 bits per heavy atom. The fraction of sp³-hybridized carbons (Fsp3) is 0.444. The second-order valence-corrected chi connectivity index (χ2v) is 9.23. The van der Waals surface area contributed by atoms with Crippen molar-refractivity contribution < 1.29 is 14.4 Å². The van der Waals surface area contributed by atoms with E-state index in [2.05, 4.69) is 10.2 Å². The standard InChI is InChI=1S/C27H34N4O3/c1-21-6-2-3-7-24(21)18-26(33)30-16-14-29(15-17-30)20-25(32)28-19-22-8-10-23(11-9-22)27(34)31-12-4-5-13-31/h2-3,6-11H,4-5,12-20H2,1H3,(H,28,32). The minimum Gasteiger partial charge on any atom is -0.351 e. The van der Waals surface area contributed by atoms with E-state index in [0.717, 1.165) is 42.6 Å². The molecule has 2 aliphatic heterocycles. The summed E-state index contributed by atoms with van der Waals surface area (Å²) in [5.41, 5.74) is 3.88. The Balaban J connectivity index is 1.17. The van der Waals surface area contributed by atoms with Crippen LogP contribution in [-0.2, 0) is 22.6 Å². The number of carbonyl (C=O) groups excluding carboxylic acids is 3. The first-order valence-electron chi connectivity index (χ1n) is 12.2. The average molecular weight is 463 g/mol. The zero-order chi connectivity index (χ0) is 23.9. The first-order valence-corrected chi connectivity index (χ1v) is 12.2. The molecule has 4 rings (SSSR count). The number of likely N-dealkylation sites (tertiary alicyclic amines) is 1. The van der Waals surface area contributed by atoms with Gasteiger partial charge in [-0.25, -0.2) is 0 Å². The van der Waals surface area contributed by atoms with Gasteiger partial charge in [-0.05, 0) is 48.6 Å². The minimum absolute atomic E-state index is 0.0306. The monoisotopic (exact) mass is 462 g/mol. The number of benzene rings is 2. The van der Waals surface area contributed by atoms with Crippen LogP contribution >= 0.6 is 0 Å². The van der Waals surface area contributed by atoms with E-state index in [9.17, 15) is 14.4 Å². The van der Waals surface area contributed by atoms with Gasteiger partial charge in [0.2, 0.25) is 11.8 Å². The van der Waals surface area contributed by atoms with Crippen LogP contribution in [0.25, 0.3) is 0 Å². The third kappa shape index (κ3) is 6.23. The van der Waals surface area contributed by atoms with Crippen LogP contribution in [-0.4, -0.2) is 78.2 Å². The molecule has 2 heterocycles.